The molecule has 1 saturated carbocycles. The zero-order valence-corrected chi connectivity index (χ0v) is 18.5. The van der Waals surface area contributed by atoms with Gasteiger partial charge in [-0.2, -0.15) is 17.0 Å². The third-order valence-electron chi connectivity index (χ3n) is 6.59. The maximum absolute atomic E-state index is 12.7. The molecule has 1 aliphatic carbocycles. The summed E-state index contributed by atoms with van der Waals surface area (Å²) in [4.78, 5) is 14.8. The molecule has 0 aromatic rings. The molecule has 0 radical (unpaired) electrons. The lowest BCUT2D eigenvalue weighted by atomic mass is 9.78. The van der Waals surface area contributed by atoms with E-state index < -0.39 is 10.2 Å². The number of piperazine rings is 1. The fraction of sp³-hybridized carbons (Fsp3) is 0.947. The van der Waals surface area contributed by atoms with Gasteiger partial charge in [-0.25, -0.2) is 0 Å². The highest BCUT2D eigenvalue weighted by Crippen LogP contribution is 2.29. The van der Waals surface area contributed by atoms with E-state index in [0.29, 0.717) is 51.1 Å². The molecule has 8 heteroatoms. The quantitative estimate of drug-likeness (QED) is 0.701. The molecule has 0 aromatic carbocycles. The Bertz CT molecular complexity index is 586. The predicted octanol–water partition coefficient (Wildman–Crippen LogP) is 1.52. The molecule has 4 atom stereocenters. The average molecular weight is 403 g/mol. The van der Waals surface area contributed by atoms with Crippen LogP contribution in [0.3, 0.4) is 0 Å². The van der Waals surface area contributed by atoms with Crippen molar-refractivity contribution >= 4 is 16.1 Å². The highest BCUT2D eigenvalue weighted by atomic mass is 32.2. The Kier molecular flexibility index (Phi) is 8.09. The molecule has 27 heavy (non-hydrogen) atoms. The van der Waals surface area contributed by atoms with Crippen LogP contribution in [-0.2, 0) is 15.0 Å². The summed E-state index contributed by atoms with van der Waals surface area (Å²) in [6.45, 7) is 13.2. The van der Waals surface area contributed by atoms with E-state index in [1.807, 2.05) is 20.8 Å². The molecule has 7 nitrogen and oxygen atoms in total. The maximum atomic E-state index is 12.7. The van der Waals surface area contributed by atoms with E-state index >= 15 is 0 Å². The van der Waals surface area contributed by atoms with Gasteiger partial charge in [0, 0.05) is 45.3 Å². The Labute approximate surface area is 165 Å². The minimum absolute atomic E-state index is 0.0704. The summed E-state index contributed by atoms with van der Waals surface area (Å²) in [5, 5.41) is 3.25. The van der Waals surface area contributed by atoms with Crippen molar-refractivity contribution in [1.82, 2.24) is 18.8 Å². The van der Waals surface area contributed by atoms with Crippen LogP contribution in [0.25, 0.3) is 0 Å². The normalized spacial score (nSPS) is 29.6. The van der Waals surface area contributed by atoms with Crippen molar-refractivity contribution < 1.29 is 13.2 Å². The molecule has 2 fully saturated rings. The van der Waals surface area contributed by atoms with Gasteiger partial charge in [-0.15, -0.1) is 0 Å². The van der Waals surface area contributed by atoms with Crippen LogP contribution in [0.15, 0.2) is 0 Å². The topological polar surface area (TPSA) is 73.0 Å². The van der Waals surface area contributed by atoms with Crippen LogP contribution in [0.1, 0.15) is 53.9 Å². The summed E-state index contributed by atoms with van der Waals surface area (Å²) < 4.78 is 28.3. The molecular weight excluding hydrogens is 364 g/mol. The summed E-state index contributed by atoms with van der Waals surface area (Å²) in [5.41, 5.74) is 0. The van der Waals surface area contributed by atoms with Gasteiger partial charge in [0.2, 0.25) is 5.91 Å². The van der Waals surface area contributed by atoms with Gasteiger partial charge in [-0.1, -0.05) is 40.5 Å². The lowest BCUT2D eigenvalue weighted by Crippen LogP contribution is -2.58. The van der Waals surface area contributed by atoms with Crippen LogP contribution in [0.4, 0.5) is 0 Å². The summed E-state index contributed by atoms with van der Waals surface area (Å²) in [5.74, 6) is 1.22. The second-order valence-electron chi connectivity index (χ2n) is 8.09. The zero-order chi connectivity index (χ0) is 20.2. The number of rotatable bonds is 7. The third kappa shape index (κ3) is 5.22. The zero-order valence-electron chi connectivity index (χ0n) is 17.6. The SMILES string of the molecule is CCN(CC)S(=O)(=O)N1CCN(C(C)C(=O)NC2CCCC(C)C2C)CC1. The molecule has 158 valence electrons. The number of amides is 1. The van der Waals surface area contributed by atoms with Gasteiger partial charge >= 0.3 is 0 Å². The van der Waals surface area contributed by atoms with Crippen LogP contribution < -0.4 is 5.32 Å². The van der Waals surface area contributed by atoms with Gasteiger partial charge in [-0.3, -0.25) is 9.69 Å². The molecule has 0 bridgehead atoms. The lowest BCUT2D eigenvalue weighted by Gasteiger charge is -2.40. The van der Waals surface area contributed by atoms with E-state index in [1.165, 1.54) is 17.1 Å². The van der Waals surface area contributed by atoms with E-state index in [-0.39, 0.29) is 18.0 Å². The lowest BCUT2D eigenvalue weighted by molar-refractivity contribution is -0.127. The largest absolute Gasteiger partial charge is 0.352 e. The number of nitrogens with one attached hydrogen (secondary N) is 1. The van der Waals surface area contributed by atoms with Crippen molar-refractivity contribution in [1.29, 1.82) is 0 Å². The maximum Gasteiger partial charge on any atom is 0.282 e. The smallest absolute Gasteiger partial charge is 0.282 e. The Hall–Kier alpha value is -0.700. The average Bonchev–Trinajstić information content (AvgIpc) is 2.65. The Morgan fingerprint density at radius 3 is 2.26 bits per heavy atom. The van der Waals surface area contributed by atoms with Crippen molar-refractivity contribution in [3.63, 3.8) is 0 Å². The van der Waals surface area contributed by atoms with Gasteiger partial charge in [0.05, 0.1) is 6.04 Å². The number of carbonyl (C=O) groups excluding carboxylic acids is 1. The van der Waals surface area contributed by atoms with Crippen LogP contribution in [-0.4, -0.2) is 79.2 Å². The molecule has 1 aliphatic heterocycles. The van der Waals surface area contributed by atoms with Gasteiger partial charge in [0.15, 0.2) is 0 Å². The monoisotopic (exact) mass is 402 g/mol. The fourth-order valence-electron chi connectivity index (χ4n) is 4.29. The summed E-state index contributed by atoms with van der Waals surface area (Å²) in [7, 11) is -3.39. The molecule has 0 spiro atoms. The number of carbonyl (C=O) groups is 1. The highest BCUT2D eigenvalue weighted by molar-refractivity contribution is 7.86. The fourth-order valence-corrected chi connectivity index (χ4v) is 5.89. The third-order valence-corrected chi connectivity index (χ3v) is 8.78. The van der Waals surface area contributed by atoms with Crippen molar-refractivity contribution in [2.24, 2.45) is 11.8 Å². The van der Waals surface area contributed by atoms with Crippen molar-refractivity contribution in [2.45, 2.75) is 66.0 Å². The molecule has 0 aromatic heterocycles. The Morgan fingerprint density at radius 2 is 1.70 bits per heavy atom. The number of hydrogen-bond donors (Lipinski definition) is 1. The number of hydrogen-bond acceptors (Lipinski definition) is 4. The first kappa shape index (κ1) is 22.6. The van der Waals surface area contributed by atoms with E-state index in [0.717, 1.165) is 6.42 Å². The van der Waals surface area contributed by atoms with Crippen LogP contribution in [0.2, 0.25) is 0 Å². The molecule has 4 unspecified atom stereocenters. The first-order chi connectivity index (χ1) is 12.7. The molecule has 1 amide bonds. The second-order valence-corrected chi connectivity index (χ2v) is 10.0. The molecule has 1 N–H and O–H groups in total. The van der Waals surface area contributed by atoms with Crippen LogP contribution in [0, 0.1) is 11.8 Å². The minimum Gasteiger partial charge on any atom is -0.352 e. The van der Waals surface area contributed by atoms with Gasteiger partial charge in [0.25, 0.3) is 10.2 Å². The van der Waals surface area contributed by atoms with Crippen molar-refractivity contribution in [3.05, 3.63) is 0 Å². The van der Waals surface area contributed by atoms with Crippen molar-refractivity contribution in [3.8, 4) is 0 Å². The molecule has 2 rings (SSSR count). The molecule has 1 saturated heterocycles. The summed E-state index contributed by atoms with van der Waals surface area (Å²) >= 11 is 0. The van der Waals surface area contributed by atoms with E-state index in [4.69, 9.17) is 0 Å². The number of nitrogens with zero attached hydrogens (tertiary/aromatic N) is 3. The van der Waals surface area contributed by atoms with E-state index in [1.54, 1.807) is 4.31 Å². The molecular formula is C19H38N4O3S. The molecule has 2 aliphatic rings. The Balaban J connectivity index is 1.88. The Morgan fingerprint density at radius 1 is 1.11 bits per heavy atom. The summed E-state index contributed by atoms with van der Waals surface area (Å²) in [6, 6.07) is 0.0285. The van der Waals surface area contributed by atoms with Gasteiger partial charge in [-0.05, 0) is 25.2 Å². The second kappa shape index (κ2) is 9.67. The highest BCUT2D eigenvalue weighted by Gasteiger charge is 2.35. The minimum atomic E-state index is -3.39. The first-order valence-corrected chi connectivity index (χ1v) is 11.9. The van der Waals surface area contributed by atoms with E-state index in [2.05, 4.69) is 24.1 Å². The molecule has 1 heterocycles. The first-order valence-electron chi connectivity index (χ1n) is 10.5. The predicted molar refractivity (Wildman–Crippen MR) is 109 cm³/mol. The summed E-state index contributed by atoms with van der Waals surface area (Å²) in [6.07, 6.45) is 3.47. The van der Waals surface area contributed by atoms with Crippen LogP contribution in [0.5, 0.6) is 0 Å². The van der Waals surface area contributed by atoms with Crippen molar-refractivity contribution in [2.75, 3.05) is 39.3 Å². The van der Waals surface area contributed by atoms with Gasteiger partial charge in [0.1, 0.15) is 0 Å². The van der Waals surface area contributed by atoms with Crippen LogP contribution >= 0.6 is 0 Å². The van der Waals surface area contributed by atoms with E-state index in [9.17, 15) is 13.2 Å². The standard InChI is InChI=1S/C19H38N4O3S/c1-6-22(7-2)27(25,26)23-13-11-21(12-14-23)17(5)19(24)20-18-10-8-9-15(3)16(18)4/h15-18H,6-14H2,1-5H3,(H,20,24). The van der Waals surface area contributed by atoms with Gasteiger partial charge < -0.3 is 5.32 Å².